The van der Waals surface area contributed by atoms with Gasteiger partial charge in [0.25, 0.3) is 5.91 Å². The molecular formula is C25H21ClN2O2. The zero-order valence-electron chi connectivity index (χ0n) is 16.5. The zero-order valence-corrected chi connectivity index (χ0v) is 17.2. The highest BCUT2D eigenvalue weighted by atomic mass is 35.5. The van der Waals surface area contributed by atoms with Gasteiger partial charge < -0.3 is 4.90 Å². The van der Waals surface area contributed by atoms with Gasteiger partial charge in [0.05, 0.1) is 5.52 Å². The van der Waals surface area contributed by atoms with Crippen LogP contribution in [-0.2, 0) is 16.0 Å². The molecule has 1 aliphatic rings. The highest BCUT2D eigenvalue weighted by Crippen LogP contribution is 2.33. The van der Waals surface area contributed by atoms with Gasteiger partial charge in [-0.05, 0) is 66.3 Å². The summed E-state index contributed by atoms with van der Waals surface area (Å²) in [5, 5.41) is 1.68. The number of amides is 1. The van der Waals surface area contributed by atoms with E-state index in [1.807, 2.05) is 30.5 Å². The summed E-state index contributed by atoms with van der Waals surface area (Å²) in [6, 6.07) is 14.9. The van der Waals surface area contributed by atoms with E-state index in [4.69, 9.17) is 18.0 Å². The van der Waals surface area contributed by atoms with Crippen LogP contribution in [0.5, 0.6) is 0 Å². The predicted octanol–water partition coefficient (Wildman–Crippen LogP) is 4.39. The van der Waals surface area contributed by atoms with E-state index < -0.39 is 5.91 Å². The van der Waals surface area contributed by atoms with E-state index in [9.17, 15) is 9.59 Å². The standard InChI is InChI=1S/C25H21ClN2O2/c1-2-17-5-8-23-22(15-17)21(9-12-27-23)19-10-13-28(14-11-19)25(30)24(29)16-18-3-6-20(26)7-4-18/h1,3-9,12,15,19H,10-11,13-14,16H2. The molecular weight excluding hydrogens is 396 g/mol. The molecule has 30 heavy (non-hydrogen) atoms. The Bertz CT molecular complexity index is 1140. The van der Waals surface area contributed by atoms with E-state index in [2.05, 4.69) is 10.9 Å². The summed E-state index contributed by atoms with van der Waals surface area (Å²) < 4.78 is 0. The third-order valence-electron chi connectivity index (χ3n) is 5.68. The Morgan fingerprint density at radius 1 is 1.10 bits per heavy atom. The minimum Gasteiger partial charge on any atom is -0.336 e. The number of nitrogens with zero attached hydrogens (tertiary/aromatic N) is 2. The summed E-state index contributed by atoms with van der Waals surface area (Å²) in [5.41, 5.74) is 3.75. The average Bonchev–Trinajstić information content (AvgIpc) is 2.79. The van der Waals surface area contributed by atoms with Crippen molar-refractivity contribution in [2.24, 2.45) is 0 Å². The molecule has 0 atom stereocenters. The Balaban J connectivity index is 1.43. The lowest BCUT2D eigenvalue weighted by molar-refractivity contribution is -0.145. The van der Waals surface area contributed by atoms with Crippen LogP contribution in [0.3, 0.4) is 0 Å². The number of piperidine rings is 1. The van der Waals surface area contributed by atoms with Crippen molar-refractivity contribution in [3.8, 4) is 12.3 Å². The molecule has 1 aromatic heterocycles. The van der Waals surface area contributed by atoms with Crippen molar-refractivity contribution in [1.82, 2.24) is 9.88 Å². The number of pyridine rings is 1. The molecule has 0 unspecified atom stereocenters. The molecule has 1 amide bonds. The van der Waals surface area contributed by atoms with Crippen LogP contribution in [0.25, 0.3) is 10.9 Å². The third kappa shape index (κ3) is 4.22. The molecule has 0 N–H and O–H groups in total. The number of hydrogen-bond donors (Lipinski definition) is 0. The molecule has 4 nitrogen and oxygen atoms in total. The van der Waals surface area contributed by atoms with E-state index in [-0.39, 0.29) is 12.2 Å². The van der Waals surface area contributed by atoms with Crippen LogP contribution in [0.4, 0.5) is 0 Å². The molecule has 5 heteroatoms. The van der Waals surface area contributed by atoms with Crippen LogP contribution in [0.1, 0.15) is 35.4 Å². The zero-order chi connectivity index (χ0) is 21.1. The van der Waals surface area contributed by atoms with Crippen LogP contribution < -0.4 is 0 Å². The Morgan fingerprint density at radius 2 is 1.83 bits per heavy atom. The van der Waals surface area contributed by atoms with Gasteiger partial charge in [0.2, 0.25) is 5.78 Å². The minimum absolute atomic E-state index is 0.0970. The van der Waals surface area contributed by atoms with Crippen LogP contribution in [0.15, 0.2) is 54.7 Å². The highest BCUT2D eigenvalue weighted by Gasteiger charge is 2.28. The first kappa shape index (κ1) is 20.1. The van der Waals surface area contributed by atoms with Gasteiger partial charge in [-0.15, -0.1) is 6.42 Å². The third-order valence-corrected chi connectivity index (χ3v) is 5.93. The fourth-order valence-electron chi connectivity index (χ4n) is 4.05. The number of rotatable bonds is 4. The SMILES string of the molecule is C#Cc1ccc2nccc(C3CCN(C(=O)C(=O)Cc4ccc(Cl)cc4)CC3)c2c1. The summed E-state index contributed by atoms with van der Waals surface area (Å²) in [7, 11) is 0. The quantitative estimate of drug-likeness (QED) is 0.468. The van der Waals surface area contributed by atoms with E-state index in [0.29, 0.717) is 24.0 Å². The van der Waals surface area contributed by atoms with Crippen molar-refractivity contribution in [1.29, 1.82) is 0 Å². The molecule has 1 fully saturated rings. The maximum Gasteiger partial charge on any atom is 0.290 e. The van der Waals surface area contributed by atoms with Crippen molar-refractivity contribution >= 4 is 34.2 Å². The second-order valence-electron chi connectivity index (χ2n) is 7.57. The molecule has 3 aromatic rings. The van der Waals surface area contributed by atoms with Gasteiger partial charge in [-0.25, -0.2) is 0 Å². The molecule has 0 radical (unpaired) electrons. The molecule has 0 saturated carbocycles. The Labute approximate surface area is 180 Å². The lowest BCUT2D eigenvalue weighted by atomic mass is 9.87. The first-order valence-electron chi connectivity index (χ1n) is 9.97. The number of hydrogen-bond acceptors (Lipinski definition) is 3. The molecule has 1 aliphatic heterocycles. The fraction of sp³-hybridized carbons (Fsp3) is 0.240. The van der Waals surface area contributed by atoms with Gasteiger partial charge in [0, 0.05) is 41.7 Å². The fourth-order valence-corrected chi connectivity index (χ4v) is 4.17. The number of carbonyl (C=O) groups excluding carboxylic acids is 2. The largest absolute Gasteiger partial charge is 0.336 e. The van der Waals surface area contributed by atoms with Crippen molar-refractivity contribution < 1.29 is 9.59 Å². The molecule has 2 aromatic carbocycles. The van der Waals surface area contributed by atoms with Gasteiger partial charge in [0.1, 0.15) is 0 Å². The lowest BCUT2D eigenvalue weighted by Gasteiger charge is -2.32. The van der Waals surface area contributed by atoms with E-state index >= 15 is 0 Å². The maximum absolute atomic E-state index is 12.6. The lowest BCUT2D eigenvalue weighted by Crippen LogP contribution is -2.42. The number of likely N-dealkylation sites (tertiary alicyclic amines) is 1. The van der Waals surface area contributed by atoms with Crippen molar-refractivity contribution in [3.63, 3.8) is 0 Å². The maximum atomic E-state index is 12.6. The Morgan fingerprint density at radius 3 is 2.53 bits per heavy atom. The molecule has 0 bridgehead atoms. The normalized spacial score (nSPS) is 14.5. The second kappa shape index (κ2) is 8.69. The number of benzene rings is 2. The topological polar surface area (TPSA) is 50.3 Å². The van der Waals surface area contributed by atoms with Gasteiger partial charge in [0.15, 0.2) is 0 Å². The summed E-state index contributed by atoms with van der Waals surface area (Å²) >= 11 is 5.88. The predicted molar refractivity (Wildman–Crippen MR) is 118 cm³/mol. The second-order valence-corrected chi connectivity index (χ2v) is 8.01. The molecule has 4 rings (SSSR count). The Hall–Kier alpha value is -3.16. The van der Waals surface area contributed by atoms with Crippen LogP contribution in [-0.4, -0.2) is 34.7 Å². The molecule has 0 spiro atoms. The number of ketones is 1. The van der Waals surface area contributed by atoms with Gasteiger partial charge >= 0.3 is 0 Å². The van der Waals surface area contributed by atoms with Crippen LogP contribution >= 0.6 is 11.6 Å². The number of terminal acetylenes is 1. The summed E-state index contributed by atoms with van der Waals surface area (Å²) in [6.45, 7) is 1.13. The summed E-state index contributed by atoms with van der Waals surface area (Å²) in [4.78, 5) is 31.2. The Kier molecular flexibility index (Phi) is 5.83. The number of halogens is 1. The van der Waals surface area contributed by atoms with Gasteiger partial charge in [-0.2, -0.15) is 0 Å². The van der Waals surface area contributed by atoms with Gasteiger partial charge in [-0.3, -0.25) is 14.6 Å². The van der Waals surface area contributed by atoms with Gasteiger partial charge in [-0.1, -0.05) is 29.7 Å². The van der Waals surface area contributed by atoms with E-state index in [0.717, 1.165) is 34.9 Å². The van der Waals surface area contributed by atoms with Crippen LogP contribution in [0, 0.1) is 12.3 Å². The van der Waals surface area contributed by atoms with Crippen molar-refractivity contribution in [2.45, 2.75) is 25.2 Å². The van der Waals surface area contributed by atoms with E-state index in [1.54, 1.807) is 29.2 Å². The molecule has 1 saturated heterocycles. The first-order chi connectivity index (χ1) is 14.5. The number of carbonyl (C=O) groups is 2. The van der Waals surface area contributed by atoms with E-state index in [1.165, 1.54) is 5.56 Å². The molecule has 150 valence electrons. The van der Waals surface area contributed by atoms with Crippen LogP contribution in [0.2, 0.25) is 5.02 Å². The summed E-state index contributed by atoms with van der Waals surface area (Å²) in [5.74, 6) is 2.20. The first-order valence-corrected chi connectivity index (χ1v) is 10.3. The van der Waals surface area contributed by atoms with Crippen molar-refractivity contribution in [2.75, 3.05) is 13.1 Å². The number of fused-ring (bicyclic) bond motifs is 1. The molecule has 2 heterocycles. The molecule has 0 aliphatic carbocycles. The smallest absolute Gasteiger partial charge is 0.290 e. The highest BCUT2D eigenvalue weighted by molar-refractivity contribution is 6.36. The number of Topliss-reactive ketones (excluding diaryl/α,β-unsaturated/α-hetero) is 1. The average molecular weight is 417 g/mol. The monoisotopic (exact) mass is 416 g/mol. The van der Waals surface area contributed by atoms with Crippen molar-refractivity contribution in [3.05, 3.63) is 76.4 Å². The number of aromatic nitrogens is 1. The minimum atomic E-state index is -0.405. The summed E-state index contributed by atoms with van der Waals surface area (Å²) in [6.07, 6.45) is 9.09.